The first-order valence-electron chi connectivity index (χ1n) is 6.42. The Morgan fingerprint density at radius 1 is 1.32 bits per heavy atom. The molecule has 1 rings (SSSR count). The first kappa shape index (κ1) is 19.0. The molecule has 0 spiro atoms. The summed E-state index contributed by atoms with van der Waals surface area (Å²) in [5, 5.41) is 21.6. The average molecular weight is 368 g/mol. The number of benzene rings is 1. The van der Waals surface area contributed by atoms with E-state index in [-0.39, 0.29) is 27.7 Å². The van der Waals surface area contributed by atoms with Gasteiger partial charge in [0.05, 0.1) is 4.92 Å². The maximum atomic E-state index is 11.3. The van der Waals surface area contributed by atoms with Crippen LogP contribution in [-0.2, 0) is 0 Å². The molecular formula is C12H15Cl2N3O4S. The maximum Gasteiger partial charge on any atom is 0.288 e. The van der Waals surface area contributed by atoms with Crippen LogP contribution in [0.1, 0.15) is 24.2 Å². The number of nitro benzene ring substituents is 1. The van der Waals surface area contributed by atoms with E-state index in [4.69, 9.17) is 28.9 Å². The Morgan fingerprint density at radius 3 is 2.41 bits per heavy atom. The van der Waals surface area contributed by atoms with Crippen molar-refractivity contribution in [3.05, 3.63) is 48.0 Å². The summed E-state index contributed by atoms with van der Waals surface area (Å²) in [6, 6.07) is 1.56. The molecule has 0 aliphatic heterocycles. The lowest BCUT2D eigenvalue weighted by atomic mass is 10.0. The van der Waals surface area contributed by atoms with Gasteiger partial charge in [0.2, 0.25) is 6.04 Å². The quantitative estimate of drug-likeness (QED) is 0.553. The molecule has 0 aliphatic rings. The molecular weight excluding hydrogens is 353 g/mol. The van der Waals surface area contributed by atoms with Crippen LogP contribution in [0.4, 0.5) is 5.69 Å². The molecule has 122 valence electrons. The van der Waals surface area contributed by atoms with Crippen molar-refractivity contribution in [2.75, 3.05) is 12.3 Å². The number of hydrogen-bond donors (Lipinski definition) is 1. The monoisotopic (exact) mass is 367 g/mol. The summed E-state index contributed by atoms with van der Waals surface area (Å²) in [5.41, 5.74) is 5.36. The average Bonchev–Trinajstić information content (AvgIpc) is 2.43. The molecule has 1 aromatic rings. The van der Waals surface area contributed by atoms with Crippen molar-refractivity contribution in [3.8, 4) is 0 Å². The fourth-order valence-corrected chi connectivity index (χ4v) is 4.13. The van der Waals surface area contributed by atoms with Crippen LogP contribution < -0.4 is 5.73 Å². The van der Waals surface area contributed by atoms with E-state index in [1.165, 1.54) is 23.9 Å². The summed E-state index contributed by atoms with van der Waals surface area (Å²) in [5.74, 6) is 0.449. The summed E-state index contributed by atoms with van der Waals surface area (Å²) in [7, 11) is 0. The number of thioether (sulfide) groups is 1. The second-order valence-electron chi connectivity index (χ2n) is 4.39. The van der Waals surface area contributed by atoms with Gasteiger partial charge in [-0.25, -0.2) is 0 Å². The van der Waals surface area contributed by atoms with Gasteiger partial charge in [-0.15, -0.1) is 11.8 Å². The Morgan fingerprint density at radius 2 is 1.95 bits per heavy atom. The van der Waals surface area contributed by atoms with Crippen molar-refractivity contribution in [1.29, 1.82) is 0 Å². The van der Waals surface area contributed by atoms with E-state index in [1.54, 1.807) is 6.92 Å². The molecule has 0 heterocycles. The van der Waals surface area contributed by atoms with Gasteiger partial charge in [-0.05, 0) is 6.07 Å². The van der Waals surface area contributed by atoms with Crippen molar-refractivity contribution in [2.45, 2.75) is 24.6 Å². The molecule has 10 heteroatoms. The molecule has 22 heavy (non-hydrogen) atoms. The highest BCUT2D eigenvalue weighted by molar-refractivity contribution is 7.99. The van der Waals surface area contributed by atoms with Crippen molar-refractivity contribution >= 4 is 40.7 Å². The van der Waals surface area contributed by atoms with Crippen LogP contribution in [0.2, 0.25) is 10.0 Å². The molecule has 2 N–H and O–H groups in total. The van der Waals surface area contributed by atoms with Crippen LogP contribution in [0, 0.1) is 20.2 Å². The van der Waals surface area contributed by atoms with Crippen molar-refractivity contribution < 1.29 is 9.85 Å². The number of nitrogens with zero attached hydrogens (tertiary/aromatic N) is 2. The minimum atomic E-state index is -0.964. The third-order valence-corrected chi connectivity index (χ3v) is 5.15. The Hall–Kier alpha value is -1.09. The molecule has 1 aromatic carbocycles. The van der Waals surface area contributed by atoms with Gasteiger partial charge in [0, 0.05) is 40.3 Å². The predicted molar refractivity (Wildman–Crippen MR) is 88.4 cm³/mol. The third-order valence-electron chi connectivity index (χ3n) is 3.04. The summed E-state index contributed by atoms with van der Waals surface area (Å²) in [6.45, 7) is 1.99. The van der Waals surface area contributed by atoms with E-state index in [0.717, 1.165) is 0 Å². The second-order valence-corrected chi connectivity index (χ2v) is 6.43. The Labute approximate surface area is 141 Å². The molecule has 2 atom stereocenters. The fraction of sp³-hybridized carbons (Fsp3) is 0.500. The molecule has 0 aliphatic carbocycles. The first-order valence-corrected chi connectivity index (χ1v) is 8.23. The SMILES string of the molecule is CCC(C(SCCN)c1c(Cl)ccc([N+](=O)[O-])c1Cl)[N+](=O)[O-]. The Kier molecular flexibility index (Phi) is 7.34. The highest BCUT2D eigenvalue weighted by Crippen LogP contribution is 2.45. The van der Waals surface area contributed by atoms with E-state index in [1.807, 2.05) is 0 Å². The zero-order valence-corrected chi connectivity index (χ0v) is 14.0. The molecule has 0 saturated heterocycles. The molecule has 0 amide bonds. The lowest BCUT2D eigenvalue weighted by Gasteiger charge is -2.22. The summed E-state index contributed by atoms with van der Waals surface area (Å²) < 4.78 is 0. The Balaban J connectivity index is 3.44. The van der Waals surface area contributed by atoms with Gasteiger partial charge in [-0.3, -0.25) is 20.2 Å². The second kappa shape index (κ2) is 8.52. The van der Waals surface area contributed by atoms with Gasteiger partial charge in [-0.1, -0.05) is 30.1 Å². The van der Waals surface area contributed by atoms with Gasteiger partial charge in [0.25, 0.3) is 5.69 Å². The molecule has 0 aromatic heterocycles. The van der Waals surface area contributed by atoms with Crippen LogP contribution in [0.15, 0.2) is 12.1 Å². The summed E-state index contributed by atoms with van der Waals surface area (Å²) in [4.78, 5) is 21.2. The first-order chi connectivity index (χ1) is 10.3. The molecule has 0 bridgehead atoms. The third kappa shape index (κ3) is 4.22. The lowest BCUT2D eigenvalue weighted by Crippen LogP contribution is -2.26. The smallest absolute Gasteiger partial charge is 0.288 e. The van der Waals surface area contributed by atoms with Crippen molar-refractivity contribution in [3.63, 3.8) is 0 Å². The van der Waals surface area contributed by atoms with Crippen molar-refractivity contribution in [2.24, 2.45) is 5.73 Å². The van der Waals surface area contributed by atoms with Gasteiger partial charge in [0.15, 0.2) is 0 Å². The maximum absolute atomic E-state index is 11.3. The number of halogens is 2. The van der Waals surface area contributed by atoms with Gasteiger partial charge >= 0.3 is 0 Å². The minimum Gasteiger partial charge on any atom is -0.330 e. The van der Waals surface area contributed by atoms with Gasteiger partial charge < -0.3 is 5.73 Å². The van der Waals surface area contributed by atoms with Crippen LogP contribution in [0.5, 0.6) is 0 Å². The van der Waals surface area contributed by atoms with Gasteiger partial charge in [-0.2, -0.15) is 0 Å². The number of hydrogen-bond acceptors (Lipinski definition) is 6. The standard InChI is InChI=1S/C12H15Cl2N3O4S/c1-2-8(16(18)19)12(22-6-5-15)10-7(13)3-4-9(11(10)14)17(20)21/h3-4,8,12H,2,5-6,15H2,1H3. The highest BCUT2D eigenvalue weighted by atomic mass is 35.5. The summed E-state index contributed by atoms with van der Waals surface area (Å²) >= 11 is 13.4. The van der Waals surface area contributed by atoms with Crippen LogP contribution in [0.3, 0.4) is 0 Å². The topological polar surface area (TPSA) is 112 Å². The molecule has 0 fully saturated rings. The number of nitrogens with two attached hydrogens (primary N) is 1. The van der Waals surface area contributed by atoms with E-state index in [0.29, 0.717) is 12.3 Å². The van der Waals surface area contributed by atoms with Gasteiger partial charge in [0.1, 0.15) is 10.3 Å². The van der Waals surface area contributed by atoms with E-state index >= 15 is 0 Å². The van der Waals surface area contributed by atoms with Crippen molar-refractivity contribution in [1.82, 2.24) is 0 Å². The van der Waals surface area contributed by atoms with Crippen LogP contribution in [0.25, 0.3) is 0 Å². The minimum absolute atomic E-state index is 0.160. The zero-order valence-electron chi connectivity index (χ0n) is 11.7. The fourth-order valence-electron chi connectivity index (χ4n) is 2.02. The molecule has 0 saturated carbocycles. The normalized spacial score (nSPS) is 13.6. The van der Waals surface area contributed by atoms with E-state index < -0.39 is 21.1 Å². The molecule has 0 radical (unpaired) electrons. The Bertz CT molecular complexity index is 574. The number of nitro groups is 2. The van der Waals surface area contributed by atoms with Crippen LogP contribution in [-0.4, -0.2) is 28.2 Å². The zero-order chi connectivity index (χ0) is 16.9. The van der Waals surface area contributed by atoms with E-state index in [9.17, 15) is 20.2 Å². The van der Waals surface area contributed by atoms with Crippen LogP contribution >= 0.6 is 35.0 Å². The van der Waals surface area contributed by atoms with E-state index in [2.05, 4.69) is 0 Å². The highest BCUT2D eigenvalue weighted by Gasteiger charge is 2.36. The predicted octanol–water partition coefficient (Wildman–Crippen LogP) is 3.69. The lowest BCUT2D eigenvalue weighted by molar-refractivity contribution is -0.522. The largest absolute Gasteiger partial charge is 0.330 e. The summed E-state index contributed by atoms with van der Waals surface area (Å²) in [6.07, 6.45) is 0.241. The molecule has 2 unspecified atom stereocenters. The molecule has 7 nitrogen and oxygen atoms in total. The number of rotatable bonds is 8.